The topological polar surface area (TPSA) is 186 Å². The van der Waals surface area contributed by atoms with E-state index in [0.29, 0.717) is 19.6 Å². The Morgan fingerprint density at radius 1 is 1.00 bits per heavy atom. The lowest BCUT2D eigenvalue weighted by molar-refractivity contribution is -0.159. The molecule has 0 bridgehead atoms. The summed E-state index contributed by atoms with van der Waals surface area (Å²) in [6.07, 6.45) is -0.745. The average Bonchev–Trinajstić information content (AvgIpc) is 2.59. The van der Waals surface area contributed by atoms with E-state index in [0.717, 1.165) is 0 Å². The highest BCUT2D eigenvalue weighted by molar-refractivity contribution is 6.27. The van der Waals surface area contributed by atoms with E-state index in [9.17, 15) is 20.1 Å². The van der Waals surface area contributed by atoms with Crippen molar-refractivity contribution in [2.45, 2.75) is 20.0 Å². The molecule has 11 heteroatoms. The molecule has 28 heavy (non-hydrogen) atoms. The van der Waals surface area contributed by atoms with Gasteiger partial charge < -0.3 is 40.9 Å². The van der Waals surface area contributed by atoms with Crippen molar-refractivity contribution in [1.29, 1.82) is 0 Å². The second kappa shape index (κ2) is 13.2. The number of phenols is 2. The summed E-state index contributed by atoms with van der Waals surface area (Å²) in [4.78, 5) is 29.5. The molecule has 1 amide bonds. The van der Waals surface area contributed by atoms with Crippen LogP contribution in [0.2, 0.25) is 0 Å². The zero-order valence-electron chi connectivity index (χ0n) is 15.6. The van der Waals surface area contributed by atoms with Gasteiger partial charge in [0.15, 0.2) is 0 Å². The van der Waals surface area contributed by atoms with Gasteiger partial charge in [-0.2, -0.15) is 0 Å². The number of carboxylic acid groups (broad SMARTS) is 2. The second-order valence-electron chi connectivity index (χ2n) is 5.91. The van der Waals surface area contributed by atoms with Crippen LogP contribution in [0.5, 0.6) is 17.2 Å². The van der Waals surface area contributed by atoms with Gasteiger partial charge in [0, 0.05) is 43.8 Å². The lowest BCUT2D eigenvalue weighted by Crippen LogP contribution is -2.38. The Bertz CT molecular complexity index is 617. The number of carbonyl (C=O) groups excluding carboxylic acids is 1. The number of amides is 1. The van der Waals surface area contributed by atoms with Gasteiger partial charge in [-0.05, 0) is 0 Å². The zero-order valence-corrected chi connectivity index (χ0v) is 15.6. The minimum atomic E-state index is -1.82. The number of carboxylic acids is 2. The highest BCUT2D eigenvalue weighted by Crippen LogP contribution is 2.25. The van der Waals surface area contributed by atoms with Gasteiger partial charge in [0.1, 0.15) is 30.0 Å². The number of nitrogens with one attached hydrogen (secondary N) is 2. The normalized spacial score (nSPS) is 11.1. The van der Waals surface area contributed by atoms with E-state index < -0.39 is 18.0 Å². The molecule has 158 valence electrons. The summed E-state index contributed by atoms with van der Waals surface area (Å²) in [7, 11) is 0. The number of carbonyl (C=O) groups is 3. The molecule has 1 unspecified atom stereocenters. The minimum absolute atomic E-state index is 0.00521. The number of aliphatic hydroxyl groups is 1. The molecule has 1 atom stereocenters. The molecule has 0 spiro atoms. The molecule has 1 aromatic rings. The molecule has 0 aromatic heterocycles. The molecule has 0 aliphatic rings. The van der Waals surface area contributed by atoms with Gasteiger partial charge in [0.05, 0.1) is 0 Å². The van der Waals surface area contributed by atoms with Crippen molar-refractivity contribution in [2.75, 3.05) is 26.2 Å². The van der Waals surface area contributed by atoms with Crippen molar-refractivity contribution >= 4 is 17.8 Å². The van der Waals surface area contributed by atoms with Crippen molar-refractivity contribution < 1.29 is 44.7 Å². The molecule has 7 N–H and O–H groups in total. The van der Waals surface area contributed by atoms with Crippen LogP contribution in [0.15, 0.2) is 18.2 Å². The van der Waals surface area contributed by atoms with Gasteiger partial charge >= 0.3 is 11.9 Å². The molecule has 1 rings (SSSR count). The number of aromatic hydroxyl groups is 2. The number of benzene rings is 1. The maximum Gasteiger partial charge on any atom is 0.414 e. The molecule has 0 saturated heterocycles. The predicted molar refractivity (Wildman–Crippen MR) is 97.3 cm³/mol. The monoisotopic (exact) mass is 402 g/mol. The fourth-order valence-corrected chi connectivity index (χ4v) is 1.65. The third-order valence-corrected chi connectivity index (χ3v) is 3.01. The number of hydrogen-bond acceptors (Lipinski definition) is 8. The number of aliphatic hydroxyl groups excluding tert-OH is 1. The Labute approximate surface area is 161 Å². The first kappa shape index (κ1) is 24.9. The fraction of sp³-hybridized carbons (Fsp3) is 0.471. The second-order valence-corrected chi connectivity index (χ2v) is 5.91. The average molecular weight is 402 g/mol. The first-order valence-corrected chi connectivity index (χ1v) is 8.31. The molecule has 0 saturated carbocycles. The van der Waals surface area contributed by atoms with Gasteiger partial charge in [-0.3, -0.25) is 4.79 Å². The largest absolute Gasteiger partial charge is 0.508 e. The first-order valence-electron chi connectivity index (χ1n) is 8.31. The SMILES string of the molecule is CC(C)C(=O)NCCNCC(O)COc1cc(O)cc(O)c1.O=C(O)C(=O)O. The van der Waals surface area contributed by atoms with Gasteiger partial charge in [-0.1, -0.05) is 13.8 Å². The number of phenolic OH excluding ortho intramolecular Hbond substituents is 2. The third-order valence-electron chi connectivity index (χ3n) is 3.01. The Hall–Kier alpha value is -3.05. The van der Waals surface area contributed by atoms with E-state index in [2.05, 4.69) is 10.6 Å². The van der Waals surface area contributed by atoms with Crippen LogP contribution in [0.3, 0.4) is 0 Å². The summed E-state index contributed by atoms with van der Waals surface area (Å²) in [6, 6.07) is 3.89. The van der Waals surface area contributed by atoms with E-state index in [1.807, 2.05) is 13.8 Å². The highest BCUT2D eigenvalue weighted by Gasteiger charge is 2.08. The van der Waals surface area contributed by atoms with Crippen LogP contribution in [-0.4, -0.2) is 75.7 Å². The highest BCUT2D eigenvalue weighted by atomic mass is 16.5. The Balaban J connectivity index is 0.00000105. The van der Waals surface area contributed by atoms with Crippen LogP contribution in [0.25, 0.3) is 0 Å². The van der Waals surface area contributed by atoms with E-state index in [4.69, 9.17) is 24.5 Å². The maximum absolute atomic E-state index is 11.3. The Morgan fingerprint density at radius 3 is 2.00 bits per heavy atom. The van der Waals surface area contributed by atoms with Gasteiger partial charge in [0.2, 0.25) is 5.91 Å². The molecule has 0 aliphatic carbocycles. The molecule has 11 nitrogen and oxygen atoms in total. The van der Waals surface area contributed by atoms with Crippen LogP contribution in [0, 0.1) is 5.92 Å². The summed E-state index contributed by atoms with van der Waals surface area (Å²) in [6.45, 7) is 5.01. The summed E-state index contributed by atoms with van der Waals surface area (Å²) in [5.41, 5.74) is 0. The molecule has 0 radical (unpaired) electrons. The summed E-state index contributed by atoms with van der Waals surface area (Å²) in [5, 5.41) is 48.9. The van der Waals surface area contributed by atoms with E-state index in [1.54, 1.807) is 0 Å². The number of ether oxygens (including phenoxy) is 1. The quantitative estimate of drug-likeness (QED) is 0.207. The number of rotatable bonds is 9. The number of aliphatic carboxylic acids is 2. The van der Waals surface area contributed by atoms with Crippen LogP contribution in [0.4, 0.5) is 0 Å². The van der Waals surface area contributed by atoms with Gasteiger partial charge in [-0.25, -0.2) is 9.59 Å². The molecule has 1 aromatic carbocycles. The van der Waals surface area contributed by atoms with Crippen LogP contribution < -0.4 is 15.4 Å². The smallest absolute Gasteiger partial charge is 0.414 e. The van der Waals surface area contributed by atoms with Crippen molar-refractivity contribution in [3.63, 3.8) is 0 Å². The standard InChI is InChI=1S/C15H24N2O5.C2H2O4/c1-10(2)15(21)17-4-3-16-8-13(20)9-22-14-6-11(18)5-12(19)7-14;3-1(4)2(5)6/h5-7,10,13,16,18-20H,3-4,8-9H2,1-2H3,(H,17,21);(H,3,4)(H,5,6). The predicted octanol–water partition coefficient (Wildman–Crippen LogP) is -0.645. The van der Waals surface area contributed by atoms with Crippen LogP contribution >= 0.6 is 0 Å². The van der Waals surface area contributed by atoms with Crippen molar-refractivity contribution in [2.24, 2.45) is 5.92 Å². The minimum Gasteiger partial charge on any atom is -0.508 e. The van der Waals surface area contributed by atoms with Crippen LogP contribution in [-0.2, 0) is 14.4 Å². The molecule has 0 aliphatic heterocycles. The fourth-order valence-electron chi connectivity index (χ4n) is 1.65. The van der Waals surface area contributed by atoms with Crippen molar-refractivity contribution in [1.82, 2.24) is 10.6 Å². The van der Waals surface area contributed by atoms with E-state index in [1.165, 1.54) is 18.2 Å². The first-order chi connectivity index (χ1) is 13.0. The summed E-state index contributed by atoms with van der Waals surface area (Å²) >= 11 is 0. The lowest BCUT2D eigenvalue weighted by atomic mass is 10.2. The summed E-state index contributed by atoms with van der Waals surface area (Å²) < 4.78 is 5.28. The van der Waals surface area contributed by atoms with E-state index in [-0.39, 0.29) is 35.7 Å². The Morgan fingerprint density at radius 2 is 1.54 bits per heavy atom. The molecular weight excluding hydrogens is 376 g/mol. The van der Waals surface area contributed by atoms with E-state index >= 15 is 0 Å². The van der Waals surface area contributed by atoms with Crippen LogP contribution in [0.1, 0.15) is 13.8 Å². The Kier molecular flexibility index (Phi) is 11.7. The molecule has 0 heterocycles. The third kappa shape index (κ3) is 12.3. The maximum atomic E-state index is 11.3. The van der Waals surface area contributed by atoms with Gasteiger partial charge in [-0.15, -0.1) is 0 Å². The van der Waals surface area contributed by atoms with Crippen molar-refractivity contribution in [3.05, 3.63) is 18.2 Å². The van der Waals surface area contributed by atoms with Gasteiger partial charge in [0.25, 0.3) is 0 Å². The molecule has 0 fully saturated rings. The van der Waals surface area contributed by atoms with Crippen molar-refractivity contribution in [3.8, 4) is 17.2 Å². The lowest BCUT2D eigenvalue weighted by Gasteiger charge is -2.14. The molecular formula is C17H26N2O9. The zero-order chi connectivity index (χ0) is 21.7. The summed E-state index contributed by atoms with van der Waals surface area (Å²) in [5.74, 6) is -3.63. The number of hydrogen-bond donors (Lipinski definition) is 7.